The molecule has 0 radical (unpaired) electrons. The summed E-state index contributed by atoms with van der Waals surface area (Å²) in [5.41, 5.74) is 0.829. The van der Waals surface area contributed by atoms with Gasteiger partial charge in [0.1, 0.15) is 6.10 Å². The average Bonchev–Trinajstić information content (AvgIpc) is 2.38. The molecular formula is C14H14O3. The molecule has 0 aliphatic carbocycles. The van der Waals surface area contributed by atoms with E-state index in [0.29, 0.717) is 13.0 Å². The molecule has 0 unspecified atom stereocenters. The lowest BCUT2D eigenvalue weighted by Gasteiger charge is -2.22. The molecule has 2 atom stereocenters. The molecule has 88 valence electrons. The molecule has 1 N–H and O–H groups in total. The van der Waals surface area contributed by atoms with Crippen LogP contribution in [0.2, 0.25) is 0 Å². The summed E-state index contributed by atoms with van der Waals surface area (Å²) in [7, 11) is 0. The molecule has 0 amide bonds. The Balaban J connectivity index is 2.04. The summed E-state index contributed by atoms with van der Waals surface area (Å²) in [6, 6.07) is 9.38. The lowest BCUT2D eigenvalue weighted by molar-refractivity contribution is -0.156. The molecule has 0 bridgehead atoms. The van der Waals surface area contributed by atoms with E-state index in [2.05, 4.69) is 11.8 Å². The van der Waals surface area contributed by atoms with Crippen molar-refractivity contribution >= 4 is 5.97 Å². The molecule has 1 aliphatic rings. The van der Waals surface area contributed by atoms with E-state index in [1.807, 2.05) is 30.3 Å². The number of carbonyl (C=O) groups excluding carboxylic acids is 1. The molecule has 1 aliphatic heterocycles. The molecule has 0 saturated carbocycles. The minimum Gasteiger partial charge on any atom is -0.465 e. The lowest BCUT2D eigenvalue weighted by Crippen LogP contribution is -2.32. The number of hydrogen-bond acceptors (Lipinski definition) is 3. The van der Waals surface area contributed by atoms with Gasteiger partial charge in [-0.1, -0.05) is 30.0 Å². The van der Waals surface area contributed by atoms with Crippen LogP contribution in [0, 0.1) is 17.8 Å². The predicted octanol–water partition coefficient (Wildman–Crippen LogP) is 1.35. The Morgan fingerprint density at radius 1 is 1.35 bits per heavy atom. The van der Waals surface area contributed by atoms with Crippen LogP contribution in [0.15, 0.2) is 30.3 Å². The Kier molecular flexibility index (Phi) is 3.79. The highest BCUT2D eigenvalue weighted by Crippen LogP contribution is 2.18. The van der Waals surface area contributed by atoms with Gasteiger partial charge >= 0.3 is 5.97 Å². The van der Waals surface area contributed by atoms with Gasteiger partial charge in [0.2, 0.25) is 0 Å². The maximum atomic E-state index is 11.4. The first-order valence-electron chi connectivity index (χ1n) is 5.68. The Morgan fingerprint density at radius 3 is 2.82 bits per heavy atom. The first kappa shape index (κ1) is 11.7. The highest BCUT2D eigenvalue weighted by atomic mass is 16.5. The third-order valence-corrected chi connectivity index (χ3v) is 2.73. The molecule has 0 spiro atoms. The molecule has 0 aromatic heterocycles. The summed E-state index contributed by atoms with van der Waals surface area (Å²) in [5, 5.41) is 9.83. The SMILES string of the molecule is O=C1OCCC[C@@H]1[C@@H](O)C#Cc1ccccc1. The standard InChI is InChI=1S/C14H14O3/c15-13(12-7-4-10-17-14(12)16)9-8-11-5-2-1-3-6-11/h1-3,5-6,12-13,15H,4,7,10H2/t12-,13+/m1/s1. The van der Waals surface area contributed by atoms with Crippen molar-refractivity contribution in [2.24, 2.45) is 5.92 Å². The number of aliphatic hydroxyl groups excluding tert-OH is 1. The van der Waals surface area contributed by atoms with Crippen molar-refractivity contribution in [1.82, 2.24) is 0 Å². The van der Waals surface area contributed by atoms with E-state index in [1.54, 1.807) is 0 Å². The van der Waals surface area contributed by atoms with Crippen LogP contribution < -0.4 is 0 Å². The van der Waals surface area contributed by atoms with E-state index in [-0.39, 0.29) is 5.97 Å². The summed E-state index contributed by atoms with van der Waals surface area (Å²) in [6.45, 7) is 0.453. The van der Waals surface area contributed by atoms with E-state index in [1.165, 1.54) is 0 Å². The average molecular weight is 230 g/mol. The molecule has 1 heterocycles. The van der Waals surface area contributed by atoms with Gasteiger partial charge in [-0.25, -0.2) is 0 Å². The van der Waals surface area contributed by atoms with E-state index >= 15 is 0 Å². The van der Waals surface area contributed by atoms with E-state index in [0.717, 1.165) is 12.0 Å². The number of rotatable bonds is 1. The third-order valence-electron chi connectivity index (χ3n) is 2.73. The first-order valence-corrected chi connectivity index (χ1v) is 5.68. The third kappa shape index (κ3) is 3.08. The summed E-state index contributed by atoms with van der Waals surface area (Å²) < 4.78 is 4.90. The number of carbonyl (C=O) groups is 1. The van der Waals surface area contributed by atoms with Gasteiger partial charge in [-0.3, -0.25) is 4.79 Å². The maximum absolute atomic E-state index is 11.4. The zero-order valence-corrected chi connectivity index (χ0v) is 9.43. The van der Waals surface area contributed by atoms with Crippen molar-refractivity contribution in [2.75, 3.05) is 6.61 Å². The molecule has 3 heteroatoms. The smallest absolute Gasteiger partial charge is 0.312 e. The fraction of sp³-hybridized carbons (Fsp3) is 0.357. The second-order valence-corrected chi connectivity index (χ2v) is 4.00. The number of benzene rings is 1. The Bertz CT molecular complexity index is 442. The summed E-state index contributed by atoms with van der Waals surface area (Å²) in [5.74, 6) is 4.72. The van der Waals surface area contributed by atoms with E-state index in [9.17, 15) is 9.90 Å². The van der Waals surface area contributed by atoms with Crippen LogP contribution in [0.4, 0.5) is 0 Å². The highest BCUT2D eigenvalue weighted by molar-refractivity contribution is 5.74. The van der Waals surface area contributed by atoms with Crippen LogP contribution in [-0.2, 0) is 9.53 Å². The second kappa shape index (κ2) is 5.51. The first-order chi connectivity index (χ1) is 8.27. The van der Waals surface area contributed by atoms with Crippen LogP contribution in [0.3, 0.4) is 0 Å². The number of hydrogen-bond donors (Lipinski definition) is 1. The van der Waals surface area contributed by atoms with Crippen molar-refractivity contribution in [3.63, 3.8) is 0 Å². The van der Waals surface area contributed by atoms with E-state index < -0.39 is 12.0 Å². The van der Waals surface area contributed by atoms with Crippen LogP contribution in [-0.4, -0.2) is 23.8 Å². The van der Waals surface area contributed by atoms with Gasteiger partial charge in [0, 0.05) is 5.56 Å². The van der Waals surface area contributed by atoms with Crippen molar-refractivity contribution < 1.29 is 14.6 Å². The van der Waals surface area contributed by atoms with Gasteiger partial charge in [0.15, 0.2) is 0 Å². The lowest BCUT2D eigenvalue weighted by atomic mass is 9.95. The fourth-order valence-corrected chi connectivity index (χ4v) is 1.77. The molecule has 2 rings (SSSR count). The van der Waals surface area contributed by atoms with Gasteiger partial charge in [-0.2, -0.15) is 0 Å². The topological polar surface area (TPSA) is 46.5 Å². The molecule has 1 saturated heterocycles. The van der Waals surface area contributed by atoms with Gasteiger partial charge in [0.05, 0.1) is 12.5 Å². The Hall–Kier alpha value is -1.79. The number of aliphatic hydroxyl groups is 1. The van der Waals surface area contributed by atoms with Crippen LogP contribution in [0.25, 0.3) is 0 Å². The summed E-state index contributed by atoms with van der Waals surface area (Å²) in [6.07, 6.45) is 0.493. The van der Waals surface area contributed by atoms with E-state index in [4.69, 9.17) is 4.74 Å². The monoisotopic (exact) mass is 230 g/mol. The molecule has 3 nitrogen and oxygen atoms in total. The molecule has 17 heavy (non-hydrogen) atoms. The fourth-order valence-electron chi connectivity index (χ4n) is 1.77. The molecule has 1 aromatic carbocycles. The van der Waals surface area contributed by atoms with Crippen LogP contribution in [0.5, 0.6) is 0 Å². The van der Waals surface area contributed by atoms with Crippen molar-refractivity contribution in [3.8, 4) is 11.8 Å². The van der Waals surface area contributed by atoms with Crippen LogP contribution in [0.1, 0.15) is 18.4 Å². The minimum absolute atomic E-state index is 0.342. The van der Waals surface area contributed by atoms with Crippen molar-refractivity contribution in [2.45, 2.75) is 18.9 Å². The quantitative estimate of drug-likeness (QED) is 0.585. The maximum Gasteiger partial charge on any atom is 0.312 e. The molecule has 1 fully saturated rings. The number of ether oxygens (including phenoxy) is 1. The zero-order valence-electron chi connectivity index (χ0n) is 9.43. The zero-order chi connectivity index (χ0) is 12.1. The largest absolute Gasteiger partial charge is 0.465 e. The number of cyclic esters (lactones) is 1. The van der Waals surface area contributed by atoms with Crippen molar-refractivity contribution in [1.29, 1.82) is 0 Å². The Morgan fingerprint density at radius 2 is 2.12 bits per heavy atom. The Labute approximate surface area is 100 Å². The number of esters is 1. The molecule has 1 aromatic rings. The van der Waals surface area contributed by atoms with Crippen LogP contribution >= 0.6 is 0 Å². The molecular weight excluding hydrogens is 216 g/mol. The van der Waals surface area contributed by atoms with Gasteiger partial charge in [0.25, 0.3) is 0 Å². The summed E-state index contributed by atoms with van der Waals surface area (Å²) >= 11 is 0. The second-order valence-electron chi connectivity index (χ2n) is 4.00. The van der Waals surface area contributed by atoms with Gasteiger partial charge in [-0.15, -0.1) is 0 Å². The predicted molar refractivity (Wildman–Crippen MR) is 63.0 cm³/mol. The van der Waals surface area contributed by atoms with Crippen molar-refractivity contribution in [3.05, 3.63) is 35.9 Å². The van der Waals surface area contributed by atoms with Gasteiger partial charge < -0.3 is 9.84 Å². The highest BCUT2D eigenvalue weighted by Gasteiger charge is 2.29. The van der Waals surface area contributed by atoms with Gasteiger partial charge in [-0.05, 0) is 25.0 Å². The minimum atomic E-state index is -0.942. The normalized spacial score (nSPS) is 21.0. The summed E-state index contributed by atoms with van der Waals surface area (Å²) in [4.78, 5) is 11.4.